The van der Waals surface area contributed by atoms with Crippen LogP contribution >= 0.6 is 15.9 Å². The number of ether oxygens (including phenoxy) is 1. The maximum Gasteiger partial charge on any atom is 0.244 e. The molecule has 0 bridgehead atoms. The van der Waals surface area contributed by atoms with Gasteiger partial charge in [0.25, 0.3) is 0 Å². The number of carbonyl (C=O) groups excluding carboxylic acids is 1. The van der Waals surface area contributed by atoms with Crippen LogP contribution in [0.2, 0.25) is 0 Å². The fourth-order valence-electron chi connectivity index (χ4n) is 1.92. The van der Waals surface area contributed by atoms with Crippen LogP contribution in [0.25, 0.3) is 0 Å². The van der Waals surface area contributed by atoms with Crippen molar-refractivity contribution in [3.8, 4) is 11.5 Å². The number of hydrogen-bond acceptors (Lipinski definition) is 4. The normalized spacial score (nSPS) is 11.7. The summed E-state index contributed by atoms with van der Waals surface area (Å²) in [7, 11) is 1.46. The smallest absolute Gasteiger partial charge is 0.244 e. The molecule has 6 heteroatoms. The highest BCUT2D eigenvalue weighted by Gasteiger charge is 2.19. The molecule has 1 amide bonds. The minimum Gasteiger partial charge on any atom is -0.504 e. The van der Waals surface area contributed by atoms with Crippen LogP contribution < -0.4 is 15.8 Å². The second kappa shape index (κ2) is 6.49. The first-order chi connectivity index (χ1) is 10.0. The number of anilines is 1. The van der Waals surface area contributed by atoms with Crippen molar-refractivity contribution < 1.29 is 14.6 Å². The van der Waals surface area contributed by atoms with Gasteiger partial charge in [0.2, 0.25) is 5.91 Å². The van der Waals surface area contributed by atoms with E-state index in [-0.39, 0.29) is 5.75 Å². The van der Waals surface area contributed by atoms with Crippen LogP contribution in [-0.4, -0.2) is 18.1 Å². The number of hydrogen-bond donors (Lipinski definition) is 3. The van der Waals surface area contributed by atoms with E-state index in [0.717, 1.165) is 10.2 Å². The van der Waals surface area contributed by atoms with E-state index in [0.29, 0.717) is 11.3 Å². The zero-order valence-electron chi connectivity index (χ0n) is 11.3. The Morgan fingerprint density at radius 1 is 1.29 bits per heavy atom. The van der Waals surface area contributed by atoms with Crippen LogP contribution in [0.5, 0.6) is 11.5 Å². The molecule has 0 saturated carbocycles. The third kappa shape index (κ3) is 3.66. The Labute approximate surface area is 130 Å². The molecule has 0 saturated heterocycles. The number of amides is 1. The van der Waals surface area contributed by atoms with E-state index in [2.05, 4.69) is 21.2 Å². The number of nitrogens with two attached hydrogens (primary N) is 1. The predicted molar refractivity (Wildman–Crippen MR) is 84.4 cm³/mol. The van der Waals surface area contributed by atoms with Crippen molar-refractivity contribution in [2.75, 3.05) is 12.4 Å². The zero-order chi connectivity index (χ0) is 15.4. The van der Waals surface area contributed by atoms with Gasteiger partial charge in [-0.05, 0) is 42.0 Å². The number of phenols is 1. The predicted octanol–water partition coefficient (Wildman–Crippen LogP) is 2.80. The molecule has 0 aliphatic heterocycles. The van der Waals surface area contributed by atoms with Gasteiger partial charge in [-0.1, -0.05) is 22.0 Å². The van der Waals surface area contributed by atoms with Gasteiger partial charge in [-0.2, -0.15) is 0 Å². The molecule has 0 heterocycles. The number of benzene rings is 2. The van der Waals surface area contributed by atoms with Gasteiger partial charge in [0, 0.05) is 10.2 Å². The molecule has 0 aliphatic carbocycles. The summed E-state index contributed by atoms with van der Waals surface area (Å²) in [6.07, 6.45) is 0. The SMILES string of the molecule is COc1ccc(C(Nc2ccc(Br)cc2)C(N)=O)cc1O. The van der Waals surface area contributed by atoms with Crippen molar-refractivity contribution in [2.45, 2.75) is 6.04 Å². The highest BCUT2D eigenvalue weighted by Crippen LogP contribution is 2.30. The molecule has 110 valence electrons. The number of halogens is 1. The van der Waals surface area contributed by atoms with E-state index < -0.39 is 11.9 Å². The minimum atomic E-state index is -0.747. The van der Waals surface area contributed by atoms with E-state index >= 15 is 0 Å². The Kier molecular flexibility index (Phi) is 4.70. The second-order valence-corrected chi connectivity index (χ2v) is 5.33. The van der Waals surface area contributed by atoms with Gasteiger partial charge in [0.1, 0.15) is 6.04 Å². The lowest BCUT2D eigenvalue weighted by atomic mass is 10.1. The zero-order valence-corrected chi connectivity index (χ0v) is 12.9. The maximum absolute atomic E-state index is 11.7. The molecule has 5 nitrogen and oxygen atoms in total. The fourth-order valence-corrected chi connectivity index (χ4v) is 2.18. The van der Waals surface area contributed by atoms with Crippen LogP contribution in [-0.2, 0) is 4.79 Å². The summed E-state index contributed by atoms with van der Waals surface area (Å²) in [5.74, 6) is -0.244. The number of phenolic OH excluding ortho intramolecular Hbond substituents is 1. The summed E-state index contributed by atoms with van der Waals surface area (Å²) >= 11 is 3.34. The minimum absolute atomic E-state index is 0.0427. The molecule has 2 aromatic carbocycles. The molecule has 4 N–H and O–H groups in total. The van der Waals surface area contributed by atoms with Crippen LogP contribution in [0.1, 0.15) is 11.6 Å². The fraction of sp³-hybridized carbons (Fsp3) is 0.133. The second-order valence-electron chi connectivity index (χ2n) is 4.42. The molecular weight excluding hydrogens is 336 g/mol. The molecule has 0 radical (unpaired) electrons. The number of rotatable bonds is 5. The Morgan fingerprint density at radius 3 is 2.48 bits per heavy atom. The highest BCUT2D eigenvalue weighted by molar-refractivity contribution is 9.10. The summed E-state index contributed by atoms with van der Waals surface area (Å²) in [5.41, 5.74) is 6.75. The lowest BCUT2D eigenvalue weighted by Gasteiger charge is -2.18. The summed E-state index contributed by atoms with van der Waals surface area (Å²) in [4.78, 5) is 11.7. The number of aromatic hydroxyl groups is 1. The van der Waals surface area contributed by atoms with Crippen LogP contribution in [0.3, 0.4) is 0 Å². The van der Waals surface area contributed by atoms with E-state index in [1.807, 2.05) is 24.3 Å². The van der Waals surface area contributed by atoms with Crippen molar-refractivity contribution in [1.29, 1.82) is 0 Å². The molecule has 0 fully saturated rings. The van der Waals surface area contributed by atoms with Crippen LogP contribution in [0.4, 0.5) is 5.69 Å². The largest absolute Gasteiger partial charge is 0.504 e. The van der Waals surface area contributed by atoms with Crippen molar-refractivity contribution in [3.05, 3.63) is 52.5 Å². The first-order valence-corrected chi connectivity index (χ1v) is 6.99. The van der Waals surface area contributed by atoms with Gasteiger partial charge < -0.3 is 20.9 Å². The number of carbonyl (C=O) groups is 1. The van der Waals surface area contributed by atoms with Gasteiger partial charge in [-0.15, -0.1) is 0 Å². The quantitative estimate of drug-likeness (QED) is 0.773. The average Bonchev–Trinajstić information content (AvgIpc) is 2.46. The summed E-state index contributed by atoms with van der Waals surface area (Å²) in [6.45, 7) is 0. The van der Waals surface area contributed by atoms with E-state index in [1.54, 1.807) is 12.1 Å². The van der Waals surface area contributed by atoms with Gasteiger partial charge in [-0.3, -0.25) is 4.79 Å². The van der Waals surface area contributed by atoms with Gasteiger partial charge in [-0.25, -0.2) is 0 Å². The third-order valence-corrected chi connectivity index (χ3v) is 3.50. The first-order valence-electron chi connectivity index (χ1n) is 6.19. The van der Waals surface area contributed by atoms with Crippen molar-refractivity contribution in [1.82, 2.24) is 0 Å². The van der Waals surface area contributed by atoms with Crippen LogP contribution in [0, 0.1) is 0 Å². The standard InChI is InChI=1S/C15H15BrN2O3/c1-21-13-7-2-9(8-12(13)19)14(15(17)20)18-11-5-3-10(16)4-6-11/h2-8,14,18-19H,1H3,(H2,17,20). The van der Waals surface area contributed by atoms with E-state index in [1.165, 1.54) is 13.2 Å². The average molecular weight is 351 g/mol. The van der Waals surface area contributed by atoms with Crippen molar-refractivity contribution in [2.24, 2.45) is 5.73 Å². The molecule has 2 aromatic rings. The number of methoxy groups -OCH3 is 1. The number of primary amides is 1. The summed E-state index contributed by atoms with van der Waals surface area (Å²) in [5, 5.41) is 12.9. The Balaban J connectivity index is 2.28. The van der Waals surface area contributed by atoms with Crippen LogP contribution in [0.15, 0.2) is 46.9 Å². The molecule has 0 aliphatic rings. The first kappa shape index (κ1) is 15.2. The highest BCUT2D eigenvalue weighted by atomic mass is 79.9. The summed E-state index contributed by atoms with van der Waals surface area (Å²) in [6, 6.07) is 11.3. The molecule has 1 atom stereocenters. The monoisotopic (exact) mass is 350 g/mol. The molecule has 0 spiro atoms. The van der Waals surface area contributed by atoms with Gasteiger partial charge in [0.15, 0.2) is 11.5 Å². The van der Waals surface area contributed by atoms with E-state index in [9.17, 15) is 9.90 Å². The van der Waals surface area contributed by atoms with Gasteiger partial charge in [0.05, 0.1) is 7.11 Å². The van der Waals surface area contributed by atoms with Crippen molar-refractivity contribution in [3.63, 3.8) is 0 Å². The number of nitrogens with one attached hydrogen (secondary N) is 1. The molecule has 2 rings (SSSR count). The topological polar surface area (TPSA) is 84.6 Å². The molecule has 0 aromatic heterocycles. The molecule has 1 unspecified atom stereocenters. The van der Waals surface area contributed by atoms with Gasteiger partial charge >= 0.3 is 0 Å². The maximum atomic E-state index is 11.7. The summed E-state index contributed by atoms with van der Waals surface area (Å²) < 4.78 is 5.92. The van der Waals surface area contributed by atoms with E-state index in [4.69, 9.17) is 10.5 Å². The molecular formula is C15H15BrN2O3. The third-order valence-electron chi connectivity index (χ3n) is 2.98. The van der Waals surface area contributed by atoms with Crippen molar-refractivity contribution >= 4 is 27.5 Å². The molecule has 21 heavy (non-hydrogen) atoms. The Hall–Kier alpha value is -2.21. The lowest BCUT2D eigenvalue weighted by Crippen LogP contribution is -2.27. The lowest BCUT2D eigenvalue weighted by molar-refractivity contribution is -0.118. The Bertz CT molecular complexity index is 644. The Morgan fingerprint density at radius 2 is 1.95 bits per heavy atom.